The number of Topliss-reactive ketones (excluding diaryl/α,β-unsaturated/α-hetero) is 1. The van der Waals surface area contributed by atoms with Crippen LogP contribution in [0.4, 0.5) is 11.4 Å². The van der Waals surface area contributed by atoms with E-state index in [1.54, 1.807) is 36.4 Å². The lowest BCUT2D eigenvalue weighted by Gasteiger charge is -2.26. The fourth-order valence-corrected chi connectivity index (χ4v) is 3.71. The molecule has 1 saturated heterocycles. The molecule has 5 nitrogen and oxygen atoms in total. The van der Waals surface area contributed by atoms with Crippen molar-refractivity contribution in [1.29, 1.82) is 0 Å². The van der Waals surface area contributed by atoms with Gasteiger partial charge >= 0.3 is 0 Å². The van der Waals surface area contributed by atoms with Crippen molar-refractivity contribution in [3.8, 4) is 0 Å². The zero-order chi connectivity index (χ0) is 21.3. The lowest BCUT2D eigenvalue weighted by atomic mass is 9.95. The normalized spacial score (nSPS) is 17.9. The van der Waals surface area contributed by atoms with Crippen LogP contribution < -0.4 is 9.80 Å². The summed E-state index contributed by atoms with van der Waals surface area (Å²) >= 11 is 0. The molecule has 30 heavy (non-hydrogen) atoms. The second-order valence-corrected chi connectivity index (χ2v) is 7.36. The number of aliphatic hydroxyl groups excluding tert-OH is 1. The Morgan fingerprint density at radius 3 is 1.97 bits per heavy atom. The zero-order valence-corrected chi connectivity index (χ0v) is 16.8. The van der Waals surface area contributed by atoms with Crippen LogP contribution in [0.25, 0.3) is 5.76 Å². The van der Waals surface area contributed by atoms with Gasteiger partial charge < -0.3 is 10.0 Å². The Kier molecular flexibility index (Phi) is 5.11. The van der Waals surface area contributed by atoms with E-state index in [1.807, 2.05) is 67.5 Å². The molecule has 0 spiro atoms. The van der Waals surface area contributed by atoms with Gasteiger partial charge in [0.1, 0.15) is 5.76 Å². The third kappa shape index (κ3) is 3.35. The molecule has 4 rings (SSSR count). The third-order valence-corrected chi connectivity index (χ3v) is 5.25. The van der Waals surface area contributed by atoms with Gasteiger partial charge in [-0.15, -0.1) is 0 Å². The summed E-state index contributed by atoms with van der Waals surface area (Å²) in [6.07, 6.45) is 0. The molecule has 0 bridgehead atoms. The number of hydrogen-bond acceptors (Lipinski definition) is 4. The van der Waals surface area contributed by atoms with Crippen LogP contribution in [0.2, 0.25) is 0 Å². The van der Waals surface area contributed by atoms with Crippen LogP contribution in [-0.4, -0.2) is 30.9 Å². The summed E-state index contributed by atoms with van der Waals surface area (Å²) in [4.78, 5) is 29.5. The number of nitrogens with zero attached hydrogens (tertiary/aromatic N) is 2. The number of ketones is 1. The summed E-state index contributed by atoms with van der Waals surface area (Å²) in [6.45, 7) is 0. The molecule has 1 aliphatic rings. The molecule has 1 fully saturated rings. The van der Waals surface area contributed by atoms with E-state index in [2.05, 4.69) is 0 Å². The Morgan fingerprint density at radius 2 is 1.40 bits per heavy atom. The summed E-state index contributed by atoms with van der Waals surface area (Å²) in [5, 5.41) is 11.0. The predicted octanol–water partition coefficient (Wildman–Crippen LogP) is 4.38. The predicted molar refractivity (Wildman–Crippen MR) is 118 cm³/mol. The molecule has 1 atom stereocenters. The smallest absolute Gasteiger partial charge is 0.300 e. The highest BCUT2D eigenvalue weighted by atomic mass is 16.3. The Hall–Kier alpha value is -3.86. The van der Waals surface area contributed by atoms with Gasteiger partial charge in [-0.05, 0) is 29.8 Å². The summed E-state index contributed by atoms with van der Waals surface area (Å²) in [6, 6.07) is 24.8. The first kappa shape index (κ1) is 19.5. The monoisotopic (exact) mass is 398 g/mol. The van der Waals surface area contributed by atoms with Crippen molar-refractivity contribution in [2.24, 2.45) is 0 Å². The molecule has 150 valence electrons. The van der Waals surface area contributed by atoms with Crippen LogP contribution in [0.15, 0.2) is 90.5 Å². The molecule has 0 aliphatic carbocycles. The molecule has 0 aromatic heterocycles. The van der Waals surface area contributed by atoms with Crippen molar-refractivity contribution < 1.29 is 14.7 Å². The molecule has 5 heteroatoms. The topological polar surface area (TPSA) is 60.9 Å². The molecule has 1 N–H and O–H groups in total. The number of para-hydroxylation sites is 1. The fraction of sp³-hybridized carbons (Fsp3) is 0.120. The number of benzene rings is 3. The third-order valence-electron chi connectivity index (χ3n) is 5.25. The van der Waals surface area contributed by atoms with Gasteiger partial charge in [0.2, 0.25) is 0 Å². The molecule has 1 amide bonds. The van der Waals surface area contributed by atoms with Gasteiger partial charge in [0.25, 0.3) is 11.7 Å². The minimum absolute atomic E-state index is 0.0904. The first-order valence-corrected chi connectivity index (χ1v) is 9.68. The van der Waals surface area contributed by atoms with Crippen molar-refractivity contribution in [2.45, 2.75) is 6.04 Å². The molecule has 0 unspecified atom stereocenters. The van der Waals surface area contributed by atoms with E-state index < -0.39 is 17.7 Å². The van der Waals surface area contributed by atoms with E-state index in [1.165, 1.54) is 4.90 Å². The average Bonchev–Trinajstić information content (AvgIpc) is 3.05. The fourth-order valence-electron chi connectivity index (χ4n) is 3.71. The minimum Gasteiger partial charge on any atom is -0.507 e. The number of carbonyl (C=O) groups excluding carboxylic acids is 2. The number of anilines is 2. The van der Waals surface area contributed by atoms with Gasteiger partial charge in [-0.1, -0.05) is 60.7 Å². The number of carbonyl (C=O) groups is 2. The molecule has 3 aromatic rings. The second kappa shape index (κ2) is 7.87. The molecular formula is C25H22N2O3. The van der Waals surface area contributed by atoms with Gasteiger partial charge in [-0.2, -0.15) is 0 Å². The van der Waals surface area contributed by atoms with Gasteiger partial charge in [0, 0.05) is 31.0 Å². The zero-order valence-electron chi connectivity index (χ0n) is 16.8. The molecule has 0 saturated carbocycles. The number of amides is 1. The minimum atomic E-state index is -0.719. The SMILES string of the molecule is CN(C)c1ccc([C@@H]2/C(=C(/O)c3ccccc3)C(=O)C(=O)N2c2ccccc2)cc1. The maximum absolute atomic E-state index is 13.0. The Morgan fingerprint density at radius 1 is 0.833 bits per heavy atom. The van der Waals surface area contributed by atoms with E-state index >= 15 is 0 Å². The van der Waals surface area contributed by atoms with Gasteiger partial charge in [-0.25, -0.2) is 0 Å². The summed E-state index contributed by atoms with van der Waals surface area (Å²) < 4.78 is 0. The quantitative estimate of drug-likeness (QED) is 0.403. The Bertz CT molecular complexity index is 1100. The van der Waals surface area contributed by atoms with E-state index in [4.69, 9.17) is 0 Å². The van der Waals surface area contributed by atoms with Crippen LogP contribution in [-0.2, 0) is 9.59 Å². The van der Waals surface area contributed by atoms with Crippen LogP contribution in [0, 0.1) is 0 Å². The van der Waals surface area contributed by atoms with Crippen molar-refractivity contribution in [3.63, 3.8) is 0 Å². The van der Waals surface area contributed by atoms with Crippen LogP contribution >= 0.6 is 0 Å². The summed E-state index contributed by atoms with van der Waals surface area (Å²) in [7, 11) is 3.89. The maximum Gasteiger partial charge on any atom is 0.300 e. The number of hydrogen-bond donors (Lipinski definition) is 1. The molecule has 1 heterocycles. The molecular weight excluding hydrogens is 376 g/mol. The highest BCUT2D eigenvalue weighted by Crippen LogP contribution is 2.42. The Balaban J connectivity index is 1.92. The van der Waals surface area contributed by atoms with Gasteiger partial charge in [0.05, 0.1) is 11.6 Å². The van der Waals surface area contributed by atoms with Crippen molar-refractivity contribution >= 4 is 28.8 Å². The molecule has 1 aliphatic heterocycles. The highest BCUT2D eigenvalue weighted by molar-refractivity contribution is 6.51. The van der Waals surface area contributed by atoms with Gasteiger partial charge in [0.15, 0.2) is 0 Å². The lowest BCUT2D eigenvalue weighted by molar-refractivity contribution is -0.132. The first-order chi connectivity index (χ1) is 14.5. The molecule has 0 radical (unpaired) electrons. The number of rotatable bonds is 4. The second-order valence-electron chi connectivity index (χ2n) is 7.36. The van der Waals surface area contributed by atoms with E-state index in [0.29, 0.717) is 11.3 Å². The summed E-state index contributed by atoms with van der Waals surface area (Å²) in [5.74, 6) is -1.52. The Labute approximate surface area is 175 Å². The van der Waals surface area contributed by atoms with E-state index in [9.17, 15) is 14.7 Å². The largest absolute Gasteiger partial charge is 0.507 e. The van der Waals surface area contributed by atoms with Crippen molar-refractivity contribution in [3.05, 3.63) is 102 Å². The lowest BCUT2D eigenvalue weighted by Crippen LogP contribution is -2.29. The van der Waals surface area contributed by atoms with Crippen molar-refractivity contribution in [2.75, 3.05) is 23.9 Å². The highest BCUT2D eigenvalue weighted by Gasteiger charge is 2.46. The average molecular weight is 398 g/mol. The molecule has 3 aromatic carbocycles. The van der Waals surface area contributed by atoms with Crippen LogP contribution in [0.1, 0.15) is 17.2 Å². The van der Waals surface area contributed by atoms with Gasteiger partial charge in [-0.3, -0.25) is 14.5 Å². The summed E-state index contributed by atoms with van der Waals surface area (Å²) in [5.41, 5.74) is 2.94. The van der Waals surface area contributed by atoms with E-state index in [-0.39, 0.29) is 11.3 Å². The maximum atomic E-state index is 13.0. The van der Waals surface area contributed by atoms with Crippen molar-refractivity contribution in [1.82, 2.24) is 0 Å². The first-order valence-electron chi connectivity index (χ1n) is 9.68. The van der Waals surface area contributed by atoms with Crippen LogP contribution in [0.3, 0.4) is 0 Å². The number of aliphatic hydroxyl groups is 1. The van der Waals surface area contributed by atoms with Crippen LogP contribution in [0.5, 0.6) is 0 Å². The van der Waals surface area contributed by atoms with E-state index in [0.717, 1.165) is 11.3 Å². The standard InChI is InChI=1S/C25H22N2O3/c1-26(2)19-15-13-17(14-16-19)22-21(23(28)18-9-5-3-6-10-18)24(29)25(30)27(22)20-11-7-4-8-12-20/h3-16,22,28H,1-2H3/b23-21-/t22-/m1/s1.